The van der Waals surface area contributed by atoms with Crippen molar-refractivity contribution in [3.8, 4) is 5.75 Å². The highest BCUT2D eigenvalue weighted by Crippen LogP contribution is 2.38. The number of carboxylic acid groups (broad SMARTS) is 1. The van der Waals surface area contributed by atoms with E-state index < -0.39 is 17.5 Å². The molecule has 2 atom stereocenters. The molecule has 0 saturated carbocycles. The highest BCUT2D eigenvalue weighted by molar-refractivity contribution is 7.99. The number of aromatic hydroxyl groups is 1. The van der Waals surface area contributed by atoms with Crippen LogP contribution in [0.3, 0.4) is 0 Å². The van der Waals surface area contributed by atoms with E-state index in [1.807, 2.05) is 60.7 Å². The van der Waals surface area contributed by atoms with Crippen molar-refractivity contribution in [3.63, 3.8) is 0 Å². The van der Waals surface area contributed by atoms with Gasteiger partial charge in [-0.15, -0.1) is 11.8 Å². The second-order valence-corrected chi connectivity index (χ2v) is 8.16. The molecule has 3 aromatic carbocycles. The van der Waals surface area contributed by atoms with Crippen molar-refractivity contribution in [2.75, 3.05) is 5.75 Å². The minimum Gasteiger partial charge on any atom is -0.507 e. The molecule has 2 unspecified atom stereocenters. The molecule has 0 saturated heterocycles. The Morgan fingerprint density at radius 1 is 1.00 bits per heavy atom. The van der Waals surface area contributed by atoms with E-state index in [1.165, 1.54) is 11.8 Å². The molecule has 0 aliphatic heterocycles. The molecule has 4 nitrogen and oxygen atoms in total. The molecule has 0 aromatic heterocycles. The second kappa shape index (κ2) is 9.03. The number of benzene rings is 3. The lowest BCUT2D eigenvalue weighted by Gasteiger charge is -2.19. The minimum atomic E-state index is -0.963. The number of carbonyl (C=O) groups is 1. The van der Waals surface area contributed by atoms with Crippen LogP contribution in [0.5, 0.6) is 5.75 Å². The molecule has 0 radical (unpaired) electrons. The standard InChI is InChI=1S/C21H19O4PS/c22-18-11-10-15-8-4-5-9-16(15)20(18)27-13-19(26-25)17(21(23)24)12-14-6-2-1-3-7-14/h1-11,17,19,22H,12-13H2,(H,23,24). The number of phenolic OH excluding ortho intramolecular Hbond substituents is 1. The summed E-state index contributed by atoms with van der Waals surface area (Å²) < 4.78 is 11.8. The van der Waals surface area contributed by atoms with Crippen LogP contribution in [0.2, 0.25) is 0 Å². The smallest absolute Gasteiger partial charge is 0.307 e. The molecule has 2 N–H and O–H groups in total. The highest BCUT2D eigenvalue weighted by Gasteiger charge is 2.29. The maximum absolute atomic E-state index is 11.8. The highest BCUT2D eigenvalue weighted by atomic mass is 32.2. The zero-order chi connectivity index (χ0) is 19.2. The van der Waals surface area contributed by atoms with Crippen LogP contribution in [0.25, 0.3) is 10.8 Å². The first-order chi connectivity index (χ1) is 13.1. The zero-order valence-corrected chi connectivity index (χ0v) is 16.2. The molecular formula is C21H19O4PS. The van der Waals surface area contributed by atoms with Crippen LogP contribution in [0, 0.1) is 5.92 Å². The van der Waals surface area contributed by atoms with E-state index in [1.54, 1.807) is 6.07 Å². The Bertz CT molecular complexity index is 945. The molecule has 0 aliphatic rings. The number of fused-ring (bicyclic) bond motifs is 1. The van der Waals surface area contributed by atoms with Gasteiger partial charge in [-0.1, -0.05) is 60.7 Å². The summed E-state index contributed by atoms with van der Waals surface area (Å²) in [5, 5.41) is 21.8. The number of phenols is 1. The Kier molecular flexibility index (Phi) is 6.49. The Hall–Kier alpha value is -2.36. The van der Waals surface area contributed by atoms with Crippen molar-refractivity contribution in [2.45, 2.75) is 17.0 Å². The first-order valence-corrected chi connectivity index (χ1v) is 10.4. The lowest BCUT2D eigenvalue weighted by atomic mass is 9.96. The average Bonchev–Trinajstić information content (AvgIpc) is 2.69. The first-order valence-electron chi connectivity index (χ1n) is 8.53. The van der Waals surface area contributed by atoms with Crippen LogP contribution >= 0.6 is 20.2 Å². The molecule has 0 spiro atoms. The van der Waals surface area contributed by atoms with Gasteiger partial charge in [0, 0.05) is 5.75 Å². The van der Waals surface area contributed by atoms with E-state index in [0.29, 0.717) is 17.1 Å². The minimum absolute atomic E-state index is 0.148. The molecule has 3 aromatic rings. The van der Waals surface area contributed by atoms with Crippen molar-refractivity contribution in [3.05, 3.63) is 72.3 Å². The van der Waals surface area contributed by atoms with E-state index in [9.17, 15) is 19.6 Å². The maximum atomic E-state index is 11.8. The van der Waals surface area contributed by atoms with E-state index in [0.717, 1.165) is 16.3 Å². The number of aliphatic carboxylic acids is 1. The third-order valence-electron chi connectivity index (χ3n) is 4.47. The lowest BCUT2D eigenvalue weighted by Crippen LogP contribution is -2.28. The van der Waals surface area contributed by atoms with Crippen LogP contribution in [0.15, 0.2) is 71.6 Å². The fourth-order valence-electron chi connectivity index (χ4n) is 3.03. The zero-order valence-electron chi connectivity index (χ0n) is 14.5. The molecule has 27 heavy (non-hydrogen) atoms. The SMILES string of the molecule is O=PC(CSc1c(O)ccc2ccccc12)C(Cc1ccccc1)C(=O)O. The van der Waals surface area contributed by atoms with Crippen LogP contribution in [0.1, 0.15) is 5.56 Å². The van der Waals surface area contributed by atoms with E-state index in [2.05, 4.69) is 0 Å². The van der Waals surface area contributed by atoms with Crippen molar-refractivity contribution in [2.24, 2.45) is 5.92 Å². The first kappa shape index (κ1) is 19.4. The summed E-state index contributed by atoms with van der Waals surface area (Å²) in [5.74, 6) is -1.25. The average molecular weight is 398 g/mol. The quantitative estimate of drug-likeness (QED) is 0.401. The van der Waals surface area contributed by atoms with Crippen molar-refractivity contribution in [1.82, 2.24) is 0 Å². The van der Waals surface area contributed by atoms with Gasteiger partial charge in [-0.05, 0) is 28.8 Å². The fourth-order valence-corrected chi connectivity index (χ4v) is 5.00. The molecule has 0 aliphatic carbocycles. The number of carboxylic acids is 1. The number of thioether (sulfide) groups is 1. The van der Waals surface area contributed by atoms with E-state index in [4.69, 9.17) is 0 Å². The normalized spacial score (nSPS) is 13.5. The molecule has 0 amide bonds. The van der Waals surface area contributed by atoms with Crippen molar-refractivity contribution < 1.29 is 19.6 Å². The number of hydrogen-bond acceptors (Lipinski definition) is 4. The van der Waals surface area contributed by atoms with Gasteiger partial charge in [0.2, 0.25) is 0 Å². The van der Waals surface area contributed by atoms with Gasteiger partial charge < -0.3 is 10.2 Å². The third-order valence-corrected chi connectivity index (χ3v) is 6.78. The monoisotopic (exact) mass is 398 g/mol. The van der Waals surface area contributed by atoms with Crippen molar-refractivity contribution in [1.29, 1.82) is 0 Å². The summed E-state index contributed by atoms with van der Waals surface area (Å²) in [4.78, 5) is 12.5. The van der Waals surface area contributed by atoms with Gasteiger partial charge >= 0.3 is 5.97 Å². The Morgan fingerprint density at radius 2 is 1.70 bits per heavy atom. The number of hydrogen-bond donors (Lipinski definition) is 2. The van der Waals surface area contributed by atoms with Crippen LogP contribution < -0.4 is 0 Å². The summed E-state index contributed by atoms with van der Waals surface area (Å²) in [7, 11) is -0.206. The Morgan fingerprint density at radius 3 is 2.41 bits per heavy atom. The molecule has 0 heterocycles. The summed E-state index contributed by atoms with van der Waals surface area (Å²) in [6, 6.07) is 20.5. The molecule has 0 bridgehead atoms. The van der Waals surface area contributed by atoms with Crippen molar-refractivity contribution >= 4 is 37.0 Å². The topological polar surface area (TPSA) is 74.6 Å². The predicted molar refractivity (Wildman–Crippen MR) is 109 cm³/mol. The van der Waals surface area contributed by atoms with Gasteiger partial charge in [0.15, 0.2) is 8.46 Å². The Labute approximate surface area is 163 Å². The molecule has 6 heteroatoms. The molecule has 0 fully saturated rings. The predicted octanol–water partition coefficient (Wildman–Crippen LogP) is 5.24. The molecule has 3 rings (SSSR count). The largest absolute Gasteiger partial charge is 0.507 e. The van der Waals surface area contributed by atoms with Crippen LogP contribution in [-0.4, -0.2) is 27.6 Å². The van der Waals surface area contributed by atoms with E-state index in [-0.39, 0.29) is 14.2 Å². The van der Waals surface area contributed by atoms with Crippen LogP contribution in [-0.2, 0) is 15.8 Å². The van der Waals surface area contributed by atoms with Gasteiger partial charge in [-0.25, -0.2) is 0 Å². The summed E-state index contributed by atoms with van der Waals surface area (Å²) >= 11 is 1.35. The summed E-state index contributed by atoms with van der Waals surface area (Å²) in [5.41, 5.74) is 0.336. The fraction of sp³-hybridized carbons (Fsp3) is 0.190. The van der Waals surface area contributed by atoms with Gasteiger partial charge in [-0.2, -0.15) is 0 Å². The van der Waals surface area contributed by atoms with Gasteiger partial charge in [0.25, 0.3) is 0 Å². The maximum Gasteiger partial charge on any atom is 0.307 e. The lowest BCUT2D eigenvalue weighted by molar-refractivity contribution is -0.141. The third kappa shape index (κ3) is 4.68. The van der Waals surface area contributed by atoms with E-state index >= 15 is 0 Å². The molecular weight excluding hydrogens is 379 g/mol. The number of rotatable bonds is 8. The van der Waals surface area contributed by atoms with Gasteiger partial charge in [0.05, 0.1) is 16.5 Å². The second-order valence-electron chi connectivity index (χ2n) is 6.25. The molecule has 138 valence electrons. The Balaban J connectivity index is 1.81. The summed E-state index contributed by atoms with van der Waals surface area (Å²) in [6.45, 7) is 0. The van der Waals surface area contributed by atoms with Gasteiger partial charge in [-0.3, -0.25) is 9.36 Å². The van der Waals surface area contributed by atoms with Crippen LogP contribution in [0.4, 0.5) is 0 Å². The summed E-state index contributed by atoms with van der Waals surface area (Å²) in [6.07, 6.45) is 0.318. The van der Waals surface area contributed by atoms with Gasteiger partial charge in [0.1, 0.15) is 5.75 Å².